The molecule has 0 spiro atoms. The van der Waals surface area contributed by atoms with Gasteiger partial charge in [-0.15, -0.1) is 0 Å². The van der Waals surface area contributed by atoms with Gasteiger partial charge in [-0.3, -0.25) is 14.9 Å². The molecule has 0 bridgehead atoms. The molecule has 0 saturated carbocycles. The number of primary amides is 1. The van der Waals surface area contributed by atoms with Crippen molar-refractivity contribution in [3.63, 3.8) is 0 Å². The van der Waals surface area contributed by atoms with Gasteiger partial charge in [-0.2, -0.15) is 0 Å². The van der Waals surface area contributed by atoms with Crippen LogP contribution in [0, 0.1) is 0 Å². The number of furan rings is 1. The summed E-state index contributed by atoms with van der Waals surface area (Å²) in [6, 6.07) is 18.6. The number of nitrogens with one attached hydrogen (secondary N) is 1. The number of benzene rings is 2. The summed E-state index contributed by atoms with van der Waals surface area (Å²) in [6.45, 7) is 0. The van der Waals surface area contributed by atoms with Crippen molar-refractivity contribution in [2.75, 3.05) is 5.32 Å². The average Bonchev–Trinajstić information content (AvgIpc) is 2.96. The molecule has 1 aromatic heterocycles. The first-order chi connectivity index (χ1) is 11.2. The van der Waals surface area contributed by atoms with E-state index in [-0.39, 0.29) is 11.4 Å². The molecule has 0 saturated heterocycles. The zero-order chi connectivity index (χ0) is 16.2. The van der Waals surface area contributed by atoms with Gasteiger partial charge in [0.25, 0.3) is 5.91 Å². The second kappa shape index (κ2) is 6.19. The van der Waals surface area contributed by atoms with Crippen molar-refractivity contribution in [2.45, 2.75) is 0 Å². The van der Waals surface area contributed by atoms with Crippen LogP contribution in [0.15, 0.2) is 65.1 Å². The van der Waals surface area contributed by atoms with Gasteiger partial charge in [-0.05, 0) is 5.56 Å². The highest BCUT2D eigenvalue weighted by atomic mass is 16.4. The van der Waals surface area contributed by atoms with Gasteiger partial charge in [-0.1, -0.05) is 60.7 Å². The number of carbonyl (C=O) groups excluding carboxylic acids is 2. The minimum absolute atomic E-state index is 0.0465. The molecule has 0 atom stereocenters. The minimum atomic E-state index is -0.667. The lowest BCUT2D eigenvalue weighted by Crippen LogP contribution is -2.13. The maximum Gasteiger partial charge on any atom is 0.254 e. The predicted molar refractivity (Wildman–Crippen MR) is 87.8 cm³/mol. The maximum atomic E-state index is 11.9. The molecular formula is C18H14N2O3. The quantitative estimate of drug-likeness (QED) is 0.709. The van der Waals surface area contributed by atoms with Crippen LogP contribution in [0.1, 0.15) is 10.4 Å². The molecule has 5 heteroatoms. The van der Waals surface area contributed by atoms with E-state index in [1.54, 1.807) is 0 Å². The Bertz CT molecular complexity index is 839. The highest BCUT2D eigenvalue weighted by Gasteiger charge is 2.26. The molecule has 114 valence electrons. The summed E-state index contributed by atoms with van der Waals surface area (Å²) in [4.78, 5) is 22.8. The Labute approximate surface area is 132 Å². The van der Waals surface area contributed by atoms with E-state index in [4.69, 9.17) is 10.2 Å². The summed E-state index contributed by atoms with van der Waals surface area (Å²) in [5.74, 6) is -0.140. The van der Waals surface area contributed by atoms with Crippen LogP contribution in [0.25, 0.3) is 22.5 Å². The largest absolute Gasteiger partial charge is 0.439 e. The number of amides is 2. The third-order valence-corrected chi connectivity index (χ3v) is 3.44. The second-order valence-corrected chi connectivity index (χ2v) is 4.87. The predicted octanol–water partition coefficient (Wildman–Crippen LogP) is 3.28. The summed E-state index contributed by atoms with van der Waals surface area (Å²) >= 11 is 0. The van der Waals surface area contributed by atoms with Crippen LogP contribution in [-0.2, 0) is 4.79 Å². The summed E-state index contributed by atoms with van der Waals surface area (Å²) < 4.78 is 5.74. The molecule has 0 aliphatic heterocycles. The molecule has 2 amide bonds. The van der Waals surface area contributed by atoms with E-state index < -0.39 is 5.91 Å². The Balaban J connectivity index is 2.33. The Morgan fingerprint density at radius 2 is 1.52 bits per heavy atom. The van der Waals surface area contributed by atoms with E-state index in [0.29, 0.717) is 17.7 Å². The summed E-state index contributed by atoms with van der Waals surface area (Å²) in [5.41, 5.74) is 7.80. The van der Waals surface area contributed by atoms with Crippen molar-refractivity contribution >= 4 is 18.2 Å². The molecule has 23 heavy (non-hydrogen) atoms. The molecule has 3 rings (SSSR count). The van der Waals surface area contributed by atoms with Gasteiger partial charge in [-0.25, -0.2) is 0 Å². The highest BCUT2D eigenvalue weighted by Crippen LogP contribution is 2.41. The first-order valence-corrected chi connectivity index (χ1v) is 7.00. The number of nitrogens with two attached hydrogens (primary N) is 1. The van der Waals surface area contributed by atoms with Crippen LogP contribution < -0.4 is 11.1 Å². The van der Waals surface area contributed by atoms with Crippen molar-refractivity contribution in [2.24, 2.45) is 5.73 Å². The summed E-state index contributed by atoms with van der Waals surface area (Å²) in [5, 5.41) is 2.41. The van der Waals surface area contributed by atoms with Crippen LogP contribution in [0.2, 0.25) is 0 Å². The van der Waals surface area contributed by atoms with Gasteiger partial charge in [0.1, 0.15) is 11.3 Å². The average molecular weight is 306 g/mol. The number of hydrogen-bond acceptors (Lipinski definition) is 3. The smallest absolute Gasteiger partial charge is 0.254 e. The fraction of sp³-hybridized carbons (Fsp3) is 0. The molecule has 5 nitrogen and oxygen atoms in total. The van der Waals surface area contributed by atoms with Crippen molar-refractivity contribution in [3.05, 3.63) is 66.2 Å². The Hall–Kier alpha value is -3.34. The minimum Gasteiger partial charge on any atom is -0.439 e. The van der Waals surface area contributed by atoms with E-state index in [2.05, 4.69) is 5.32 Å². The third-order valence-electron chi connectivity index (χ3n) is 3.44. The Morgan fingerprint density at radius 3 is 2.04 bits per heavy atom. The lowest BCUT2D eigenvalue weighted by Gasteiger charge is -2.04. The molecule has 0 radical (unpaired) electrons. The Morgan fingerprint density at radius 1 is 0.957 bits per heavy atom. The van der Waals surface area contributed by atoms with E-state index in [9.17, 15) is 9.59 Å². The zero-order valence-corrected chi connectivity index (χ0v) is 12.2. The zero-order valence-electron chi connectivity index (χ0n) is 12.2. The fourth-order valence-corrected chi connectivity index (χ4v) is 2.49. The summed E-state index contributed by atoms with van der Waals surface area (Å²) in [6.07, 6.45) is 0.453. The topological polar surface area (TPSA) is 85.3 Å². The van der Waals surface area contributed by atoms with Crippen LogP contribution in [0.3, 0.4) is 0 Å². The highest BCUT2D eigenvalue weighted by molar-refractivity contribution is 6.08. The van der Waals surface area contributed by atoms with Gasteiger partial charge >= 0.3 is 0 Å². The van der Waals surface area contributed by atoms with Gasteiger partial charge in [0.15, 0.2) is 0 Å². The first kappa shape index (κ1) is 14.6. The number of carbonyl (C=O) groups is 2. The maximum absolute atomic E-state index is 11.9. The lowest BCUT2D eigenvalue weighted by molar-refractivity contribution is -0.105. The van der Waals surface area contributed by atoms with E-state index in [1.807, 2.05) is 60.7 Å². The lowest BCUT2D eigenvalue weighted by atomic mass is 9.97. The fourth-order valence-electron chi connectivity index (χ4n) is 2.49. The third kappa shape index (κ3) is 2.72. The number of hydrogen-bond donors (Lipinski definition) is 2. The molecule has 0 aliphatic rings. The van der Waals surface area contributed by atoms with Crippen LogP contribution in [0.5, 0.6) is 0 Å². The second-order valence-electron chi connectivity index (χ2n) is 4.87. The van der Waals surface area contributed by atoms with Gasteiger partial charge in [0.2, 0.25) is 12.3 Å². The Kier molecular flexibility index (Phi) is 3.93. The monoisotopic (exact) mass is 306 g/mol. The molecule has 0 aliphatic carbocycles. The molecule has 0 fully saturated rings. The number of rotatable bonds is 5. The van der Waals surface area contributed by atoms with Crippen molar-refractivity contribution in [3.8, 4) is 22.5 Å². The van der Waals surface area contributed by atoms with Crippen molar-refractivity contribution in [1.82, 2.24) is 0 Å². The standard InChI is InChI=1S/C18H14N2O3/c19-17(22)15-14(12-7-3-1-4-8-12)16(23-18(15)20-11-21)13-9-5-2-6-10-13/h1-11H,(H2,19,22)(H,20,21). The van der Waals surface area contributed by atoms with Crippen LogP contribution in [0.4, 0.5) is 5.88 Å². The normalized spacial score (nSPS) is 10.3. The van der Waals surface area contributed by atoms with E-state index in [1.165, 1.54) is 0 Å². The molecule has 3 N–H and O–H groups in total. The van der Waals surface area contributed by atoms with E-state index in [0.717, 1.165) is 11.1 Å². The number of anilines is 1. The first-order valence-electron chi connectivity index (χ1n) is 7.00. The molecular weight excluding hydrogens is 292 g/mol. The molecule has 0 unspecified atom stereocenters. The van der Waals surface area contributed by atoms with Crippen LogP contribution in [-0.4, -0.2) is 12.3 Å². The molecule has 2 aromatic carbocycles. The summed E-state index contributed by atoms with van der Waals surface area (Å²) in [7, 11) is 0. The van der Waals surface area contributed by atoms with Gasteiger partial charge < -0.3 is 10.2 Å². The van der Waals surface area contributed by atoms with Gasteiger partial charge in [0, 0.05) is 11.1 Å². The van der Waals surface area contributed by atoms with Crippen LogP contribution >= 0.6 is 0 Å². The molecule has 3 aromatic rings. The van der Waals surface area contributed by atoms with Gasteiger partial charge in [0.05, 0.1) is 0 Å². The van der Waals surface area contributed by atoms with Crippen molar-refractivity contribution in [1.29, 1.82) is 0 Å². The SMILES string of the molecule is NC(=O)c1c(NC=O)oc(-c2ccccc2)c1-c1ccccc1. The van der Waals surface area contributed by atoms with E-state index >= 15 is 0 Å². The van der Waals surface area contributed by atoms with Crippen molar-refractivity contribution < 1.29 is 14.0 Å². The molecule has 1 heterocycles.